The van der Waals surface area contributed by atoms with Crippen LogP contribution in [0.15, 0.2) is 91.4 Å². The molecule has 2 heterocycles. The van der Waals surface area contributed by atoms with Crippen LogP contribution in [-0.4, -0.2) is 32.7 Å². The Bertz CT molecular complexity index is 1190. The van der Waals surface area contributed by atoms with Gasteiger partial charge in [0.05, 0.1) is 5.69 Å². The Morgan fingerprint density at radius 2 is 1.72 bits per heavy atom. The molecule has 0 aliphatic carbocycles. The van der Waals surface area contributed by atoms with Crippen molar-refractivity contribution in [2.45, 2.75) is 19.6 Å². The lowest BCUT2D eigenvalue weighted by Crippen LogP contribution is -2.35. The maximum Gasteiger partial charge on any atom is 0.342 e. The summed E-state index contributed by atoms with van der Waals surface area (Å²) in [4.78, 5) is 29.6. The lowest BCUT2D eigenvalue weighted by molar-refractivity contribution is -0.129. The average molecular weight is 426 g/mol. The van der Waals surface area contributed by atoms with Crippen LogP contribution in [0.4, 0.5) is 0 Å². The van der Waals surface area contributed by atoms with E-state index in [4.69, 9.17) is 4.74 Å². The van der Waals surface area contributed by atoms with Crippen LogP contribution in [-0.2, 0) is 16.1 Å². The Kier molecular flexibility index (Phi) is 6.36. The Hall–Kier alpha value is -4.26. The molecular formula is C25H22N4O3. The maximum absolute atomic E-state index is 13.0. The number of carbonyl (C=O) groups is 2. The molecule has 2 aromatic heterocycles. The van der Waals surface area contributed by atoms with Crippen molar-refractivity contribution in [3.8, 4) is 16.9 Å². The average Bonchev–Trinajstić information content (AvgIpc) is 3.30. The van der Waals surface area contributed by atoms with Gasteiger partial charge in [0.15, 0.2) is 6.10 Å². The topological polar surface area (TPSA) is 86.1 Å². The number of hydrogen-bond donors (Lipinski definition) is 1. The third-order valence-electron chi connectivity index (χ3n) is 4.85. The van der Waals surface area contributed by atoms with Crippen molar-refractivity contribution in [2.75, 3.05) is 0 Å². The van der Waals surface area contributed by atoms with E-state index in [2.05, 4.69) is 15.4 Å². The molecule has 1 amide bonds. The summed E-state index contributed by atoms with van der Waals surface area (Å²) < 4.78 is 7.08. The minimum Gasteiger partial charge on any atom is -0.449 e. The van der Waals surface area contributed by atoms with E-state index >= 15 is 0 Å². The van der Waals surface area contributed by atoms with E-state index in [1.54, 1.807) is 36.3 Å². The van der Waals surface area contributed by atoms with Gasteiger partial charge >= 0.3 is 5.97 Å². The van der Waals surface area contributed by atoms with E-state index in [0.717, 1.165) is 11.3 Å². The number of nitrogens with one attached hydrogen (secondary N) is 1. The van der Waals surface area contributed by atoms with Crippen LogP contribution in [0.25, 0.3) is 16.9 Å². The predicted octanol–water partition coefficient (Wildman–Crippen LogP) is 3.80. The highest BCUT2D eigenvalue weighted by Gasteiger charge is 2.24. The largest absolute Gasteiger partial charge is 0.449 e. The van der Waals surface area contributed by atoms with E-state index in [1.807, 2.05) is 66.7 Å². The minimum atomic E-state index is -0.965. The van der Waals surface area contributed by atoms with Crippen LogP contribution >= 0.6 is 0 Å². The van der Waals surface area contributed by atoms with Gasteiger partial charge < -0.3 is 10.1 Å². The molecule has 4 rings (SSSR count). The molecule has 0 aliphatic heterocycles. The molecule has 0 saturated heterocycles. The summed E-state index contributed by atoms with van der Waals surface area (Å²) in [6.45, 7) is 1.90. The maximum atomic E-state index is 13.0. The van der Waals surface area contributed by atoms with Crippen LogP contribution in [0.2, 0.25) is 0 Å². The zero-order chi connectivity index (χ0) is 22.3. The van der Waals surface area contributed by atoms with Gasteiger partial charge in [0.1, 0.15) is 11.3 Å². The van der Waals surface area contributed by atoms with Gasteiger partial charge in [-0.25, -0.2) is 9.48 Å². The second-order valence-corrected chi connectivity index (χ2v) is 7.16. The molecule has 0 radical (unpaired) electrons. The lowest BCUT2D eigenvalue weighted by Gasteiger charge is -2.13. The van der Waals surface area contributed by atoms with Gasteiger partial charge in [0.25, 0.3) is 5.91 Å². The van der Waals surface area contributed by atoms with Crippen molar-refractivity contribution in [1.82, 2.24) is 20.1 Å². The highest BCUT2D eigenvalue weighted by Crippen LogP contribution is 2.24. The second kappa shape index (κ2) is 9.70. The number of aromatic nitrogens is 3. The highest BCUT2D eigenvalue weighted by molar-refractivity contribution is 5.97. The molecule has 1 atom stereocenters. The van der Waals surface area contributed by atoms with E-state index < -0.39 is 12.1 Å². The molecule has 7 heteroatoms. The number of rotatable bonds is 7. The summed E-state index contributed by atoms with van der Waals surface area (Å²) in [5, 5.41) is 7.36. The van der Waals surface area contributed by atoms with Crippen LogP contribution in [0.3, 0.4) is 0 Å². The van der Waals surface area contributed by atoms with E-state index in [9.17, 15) is 9.59 Å². The Morgan fingerprint density at radius 3 is 2.41 bits per heavy atom. The summed E-state index contributed by atoms with van der Waals surface area (Å²) >= 11 is 0. The number of ether oxygens (including phenoxy) is 1. The molecule has 0 bridgehead atoms. The molecule has 32 heavy (non-hydrogen) atoms. The fourth-order valence-electron chi connectivity index (χ4n) is 3.16. The second-order valence-electron chi connectivity index (χ2n) is 7.16. The first-order valence-corrected chi connectivity index (χ1v) is 10.2. The molecule has 1 N–H and O–H groups in total. The van der Waals surface area contributed by atoms with Crippen molar-refractivity contribution in [3.63, 3.8) is 0 Å². The summed E-state index contributed by atoms with van der Waals surface area (Å²) in [6.07, 6.45) is 3.92. The smallest absolute Gasteiger partial charge is 0.342 e. The summed E-state index contributed by atoms with van der Waals surface area (Å²) in [5.41, 5.74) is 3.12. The van der Waals surface area contributed by atoms with Crippen molar-refractivity contribution in [3.05, 3.63) is 103 Å². The lowest BCUT2D eigenvalue weighted by atomic mass is 10.1. The highest BCUT2D eigenvalue weighted by atomic mass is 16.5. The molecule has 0 fully saturated rings. The molecular weight excluding hydrogens is 404 g/mol. The number of pyridine rings is 1. The Morgan fingerprint density at radius 1 is 1.00 bits per heavy atom. The van der Waals surface area contributed by atoms with Crippen molar-refractivity contribution >= 4 is 11.9 Å². The summed E-state index contributed by atoms with van der Waals surface area (Å²) in [6, 6.07) is 22.6. The van der Waals surface area contributed by atoms with Gasteiger partial charge in [-0.2, -0.15) is 5.10 Å². The van der Waals surface area contributed by atoms with Gasteiger partial charge in [-0.3, -0.25) is 9.78 Å². The standard InChI is InChI=1S/C25H22N4O3/c1-18(24(30)27-15-19-9-4-2-5-10-19)32-25(31)22-17-29(21-12-6-3-7-13-21)28-23(22)20-11-8-14-26-16-20/h2-14,16-18H,15H2,1H3,(H,27,30). The minimum absolute atomic E-state index is 0.254. The SMILES string of the molecule is CC(OC(=O)c1cn(-c2ccccc2)nc1-c1cccnc1)C(=O)NCc1ccccc1. The van der Waals surface area contributed by atoms with Gasteiger partial charge in [-0.15, -0.1) is 0 Å². The van der Waals surface area contributed by atoms with Crippen LogP contribution in [0.5, 0.6) is 0 Å². The fraction of sp³-hybridized carbons (Fsp3) is 0.120. The number of nitrogens with zero attached hydrogens (tertiary/aromatic N) is 3. The first kappa shape index (κ1) is 21.0. The molecule has 1 unspecified atom stereocenters. The van der Waals surface area contributed by atoms with Crippen molar-refractivity contribution in [2.24, 2.45) is 0 Å². The summed E-state index contributed by atoms with van der Waals surface area (Å²) in [5.74, 6) is -1.01. The fourth-order valence-corrected chi connectivity index (χ4v) is 3.16. The predicted molar refractivity (Wildman–Crippen MR) is 120 cm³/mol. The van der Waals surface area contributed by atoms with Gasteiger partial charge in [0, 0.05) is 30.7 Å². The first-order valence-electron chi connectivity index (χ1n) is 10.2. The third kappa shape index (κ3) is 4.89. The Labute approximate surface area is 185 Å². The monoisotopic (exact) mass is 426 g/mol. The first-order chi connectivity index (χ1) is 15.6. The number of hydrogen-bond acceptors (Lipinski definition) is 5. The zero-order valence-electron chi connectivity index (χ0n) is 17.5. The number of amides is 1. The third-order valence-corrected chi connectivity index (χ3v) is 4.85. The van der Waals surface area contributed by atoms with E-state index in [-0.39, 0.29) is 11.5 Å². The van der Waals surface area contributed by atoms with Crippen molar-refractivity contribution in [1.29, 1.82) is 0 Å². The van der Waals surface area contributed by atoms with Gasteiger partial charge in [-0.1, -0.05) is 48.5 Å². The van der Waals surface area contributed by atoms with E-state index in [1.165, 1.54) is 0 Å². The van der Waals surface area contributed by atoms with Gasteiger partial charge in [0.2, 0.25) is 0 Å². The van der Waals surface area contributed by atoms with Crippen LogP contribution in [0.1, 0.15) is 22.8 Å². The number of benzene rings is 2. The van der Waals surface area contributed by atoms with Crippen LogP contribution < -0.4 is 5.32 Å². The molecule has 2 aromatic carbocycles. The van der Waals surface area contributed by atoms with Gasteiger partial charge in [-0.05, 0) is 36.8 Å². The Balaban J connectivity index is 1.53. The molecule has 4 aromatic rings. The molecule has 7 nitrogen and oxygen atoms in total. The molecule has 0 spiro atoms. The normalized spacial score (nSPS) is 11.5. The zero-order valence-corrected chi connectivity index (χ0v) is 17.5. The summed E-state index contributed by atoms with van der Waals surface area (Å²) in [7, 11) is 0. The quantitative estimate of drug-likeness (QED) is 0.455. The number of para-hydroxylation sites is 1. The molecule has 0 aliphatic rings. The van der Waals surface area contributed by atoms with Crippen LogP contribution in [0, 0.1) is 0 Å². The number of esters is 1. The number of carbonyl (C=O) groups excluding carboxylic acids is 2. The van der Waals surface area contributed by atoms with E-state index in [0.29, 0.717) is 17.8 Å². The molecule has 0 saturated carbocycles. The molecule has 160 valence electrons. The van der Waals surface area contributed by atoms with Crippen molar-refractivity contribution < 1.29 is 14.3 Å².